The van der Waals surface area contributed by atoms with Crippen LogP contribution in [-0.2, 0) is 25.7 Å². The predicted octanol–water partition coefficient (Wildman–Crippen LogP) is 6.95. The largest absolute Gasteiger partial charge is 0.397 e. The number of amides is 2. The zero-order valence-electron chi connectivity index (χ0n) is 31.0. The first-order valence-electron chi connectivity index (χ1n) is 19.0. The first-order chi connectivity index (χ1) is 26.7. The number of nitrogens with zero attached hydrogens (tertiary/aromatic N) is 3. The number of aliphatic hydroxyl groups excluding tert-OH is 1. The fraction of sp³-hybridized carbons (Fsp3) is 0.381. The van der Waals surface area contributed by atoms with Gasteiger partial charge in [-0.05, 0) is 60.4 Å². The molecular formula is C42H50N6O7. The molecule has 0 aliphatic carbocycles. The summed E-state index contributed by atoms with van der Waals surface area (Å²) in [6.07, 6.45) is 3.71. The van der Waals surface area contributed by atoms with Crippen molar-refractivity contribution in [3.63, 3.8) is 0 Å². The molecule has 0 spiro atoms. The summed E-state index contributed by atoms with van der Waals surface area (Å²) < 4.78 is 13.1. The molecule has 3 atom stereocenters. The van der Waals surface area contributed by atoms with Crippen molar-refractivity contribution in [2.45, 2.75) is 70.1 Å². The first-order valence-corrected chi connectivity index (χ1v) is 19.0. The van der Waals surface area contributed by atoms with Gasteiger partial charge in [-0.3, -0.25) is 24.6 Å². The Balaban J connectivity index is 0.977. The second-order valence-corrected chi connectivity index (χ2v) is 14.1. The van der Waals surface area contributed by atoms with Gasteiger partial charge in [0.15, 0.2) is 6.29 Å². The summed E-state index contributed by atoms with van der Waals surface area (Å²) in [6, 6.07) is 29.3. The SMILES string of the molecule is Nc1ccccc1NC(=O)CCCCCCC(=O)Nc1ccc(C2OC(CN3CCN(c4ccc([N+](=O)[O-])cc4)CC3)CC(c3ccc(CO)cc3)O2)cc1. The van der Waals surface area contributed by atoms with E-state index in [1.54, 1.807) is 36.4 Å². The van der Waals surface area contributed by atoms with Gasteiger partial charge in [-0.15, -0.1) is 0 Å². The maximum absolute atomic E-state index is 12.7. The minimum atomic E-state index is -0.612. The highest BCUT2D eigenvalue weighted by Gasteiger charge is 2.34. The maximum Gasteiger partial charge on any atom is 0.269 e. The van der Waals surface area contributed by atoms with E-state index in [0.29, 0.717) is 36.3 Å². The number of hydrogen-bond acceptors (Lipinski definition) is 10. The van der Waals surface area contributed by atoms with E-state index < -0.39 is 6.29 Å². The minimum absolute atomic E-state index is 0.0267. The molecule has 2 amide bonds. The number of nitrogens with two attached hydrogens (primary N) is 1. The van der Waals surface area contributed by atoms with E-state index in [1.807, 2.05) is 60.7 Å². The smallest absolute Gasteiger partial charge is 0.269 e. The third kappa shape index (κ3) is 11.3. The Hall–Kier alpha value is -5.34. The molecule has 13 nitrogen and oxygen atoms in total. The van der Waals surface area contributed by atoms with Crippen LogP contribution in [0.25, 0.3) is 0 Å². The molecule has 3 unspecified atom stereocenters. The van der Waals surface area contributed by atoms with Crippen LogP contribution in [0.3, 0.4) is 0 Å². The molecule has 0 saturated carbocycles. The van der Waals surface area contributed by atoms with Crippen LogP contribution >= 0.6 is 0 Å². The quantitative estimate of drug-likeness (QED) is 0.0406. The van der Waals surface area contributed by atoms with E-state index in [2.05, 4.69) is 20.4 Å². The van der Waals surface area contributed by atoms with Crippen molar-refractivity contribution in [3.8, 4) is 0 Å². The summed E-state index contributed by atoms with van der Waals surface area (Å²) in [5.41, 5.74) is 11.5. The first kappa shape index (κ1) is 39.4. The molecule has 2 aliphatic rings. The molecule has 2 aliphatic heterocycles. The molecule has 55 heavy (non-hydrogen) atoms. The molecule has 2 heterocycles. The third-order valence-electron chi connectivity index (χ3n) is 10.1. The molecule has 13 heteroatoms. The Morgan fingerprint density at radius 3 is 2.05 bits per heavy atom. The van der Waals surface area contributed by atoms with Crippen LogP contribution in [0.1, 0.15) is 74.0 Å². The number of unbranched alkanes of at least 4 members (excludes halogenated alkanes) is 3. The molecule has 0 radical (unpaired) electrons. The lowest BCUT2D eigenvalue weighted by Gasteiger charge is -2.41. The van der Waals surface area contributed by atoms with Crippen LogP contribution in [0.5, 0.6) is 0 Å². The molecular weight excluding hydrogens is 700 g/mol. The Morgan fingerprint density at radius 2 is 1.42 bits per heavy atom. The van der Waals surface area contributed by atoms with Crippen LogP contribution < -0.4 is 21.3 Å². The Labute approximate surface area is 321 Å². The summed E-state index contributed by atoms with van der Waals surface area (Å²) in [7, 11) is 0. The van der Waals surface area contributed by atoms with Crippen LogP contribution in [-0.4, -0.2) is 65.6 Å². The number of nitrogens with one attached hydrogen (secondary N) is 2. The number of aliphatic hydroxyl groups is 1. The van der Waals surface area contributed by atoms with Gasteiger partial charge in [-0.25, -0.2) is 0 Å². The minimum Gasteiger partial charge on any atom is -0.397 e. The van der Waals surface area contributed by atoms with Crippen LogP contribution in [0.2, 0.25) is 0 Å². The average molecular weight is 751 g/mol. The molecule has 290 valence electrons. The number of nitro benzene ring substituents is 1. The third-order valence-corrected chi connectivity index (χ3v) is 10.1. The van der Waals surface area contributed by atoms with Gasteiger partial charge in [-0.2, -0.15) is 0 Å². The normalized spacial score (nSPS) is 18.8. The van der Waals surface area contributed by atoms with Gasteiger partial charge in [0.25, 0.3) is 5.69 Å². The number of rotatable bonds is 16. The van der Waals surface area contributed by atoms with Crippen LogP contribution in [0, 0.1) is 10.1 Å². The predicted molar refractivity (Wildman–Crippen MR) is 212 cm³/mol. The van der Waals surface area contributed by atoms with Crippen molar-refractivity contribution in [1.82, 2.24) is 4.90 Å². The number of nitrogen functional groups attached to an aromatic ring is 1. The van der Waals surface area contributed by atoms with Crippen molar-refractivity contribution >= 4 is 40.3 Å². The van der Waals surface area contributed by atoms with Crippen molar-refractivity contribution in [1.29, 1.82) is 0 Å². The van der Waals surface area contributed by atoms with E-state index in [-0.39, 0.29) is 41.2 Å². The van der Waals surface area contributed by atoms with E-state index >= 15 is 0 Å². The number of para-hydroxylation sites is 2. The number of nitro groups is 1. The van der Waals surface area contributed by atoms with Gasteiger partial charge < -0.3 is 35.8 Å². The van der Waals surface area contributed by atoms with Crippen LogP contribution in [0.15, 0.2) is 97.1 Å². The lowest BCUT2D eigenvalue weighted by Crippen LogP contribution is -2.49. The van der Waals surface area contributed by atoms with Crippen molar-refractivity contribution < 1.29 is 29.1 Å². The Kier molecular flexibility index (Phi) is 13.8. The highest BCUT2D eigenvalue weighted by atomic mass is 16.7. The Bertz CT molecular complexity index is 1860. The van der Waals surface area contributed by atoms with Gasteiger partial charge >= 0.3 is 0 Å². The number of hydrogen-bond donors (Lipinski definition) is 4. The topological polar surface area (TPSA) is 173 Å². The molecule has 0 aromatic heterocycles. The number of non-ortho nitro benzene ring substituents is 1. The fourth-order valence-corrected chi connectivity index (χ4v) is 6.99. The van der Waals surface area contributed by atoms with Gasteiger partial charge in [0.1, 0.15) is 0 Å². The van der Waals surface area contributed by atoms with Crippen molar-refractivity contribution in [2.24, 2.45) is 0 Å². The zero-order chi connectivity index (χ0) is 38.6. The highest BCUT2D eigenvalue weighted by Crippen LogP contribution is 2.38. The molecule has 2 saturated heterocycles. The molecule has 6 rings (SSSR count). The molecule has 5 N–H and O–H groups in total. The second-order valence-electron chi connectivity index (χ2n) is 14.1. The van der Waals surface area contributed by atoms with Gasteiger partial charge in [0.2, 0.25) is 11.8 Å². The standard InChI is InChI=1S/C42H50N6O7/c43-37-7-5-6-8-38(37)45-41(51)10-4-2-1-3-9-40(50)44-33-17-15-32(16-18-33)42-54-36(27-39(55-42)31-13-11-30(29-49)12-14-31)28-46-23-25-47(26-24-46)34-19-21-35(22-20-34)48(52)53/h5-8,11-22,36,39,42,49H,1-4,9-10,23-29,43H2,(H,44,50)(H,45,51). The summed E-state index contributed by atoms with van der Waals surface area (Å²) in [4.78, 5) is 40.3. The average Bonchev–Trinajstić information content (AvgIpc) is 3.20. The van der Waals surface area contributed by atoms with E-state index in [9.17, 15) is 24.8 Å². The molecule has 4 aromatic carbocycles. The van der Waals surface area contributed by atoms with Gasteiger partial charge in [-0.1, -0.05) is 61.4 Å². The number of carbonyl (C=O) groups is 2. The van der Waals surface area contributed by atoms with Crippen molar-refractivity contribution in [2.75, 3.05) is 54.0 Å². The summed E-state index contributed by atoms with van der Waals surface area (Å²) in [5.74, 6) is -0.127. The number of benzene rings is 4. The summed E-state index contributed by atoms with van der Waals surface area (Å²) >= 11 is 0. The fourth-order valence-electron chi connectivity index (χ4n) is 6.99. The lowest BCUT2D eigenvalue weighted by atomic mass is 9.99. The number of anilines is 4. The number of ether oxygens (including phenoxy) is 2. The van der Waals surface area contributed by atoms with Crippen molar-refractivity contribution in [3.05, 3.63) is 124 Å². The summed E-state index contributed by atoms with van der Waals surface area (Å²) in [5, 5.41) is 26.5. The molecule has 4 aromatic rings. The van der Waals surface area contributed by atoms with E-state index in [1.165, 1.54) is 0 Å². The number of piperazine rings is 1. The summed E-state index contributed by atoms with van der Waals surface area (Å²) in [6.45, 7) is 3.95. The Morgan fingerprint density at radius 1 is 0.782 bits per heavy atom. The number of carbonyl (C=O) groups excluding carboxylic acids is 2. The second kappa shape index (κ2) is 19.3. The highest BCUT2D eigenvalue weighted by molar-refractivity contribution is 5.93. The maximum atomic E-state index is 12.7. The zero-order valence-corrected chi connectivity index (χ0v) is 31.0. The van der Waals surface area contributed by atoms with Crippen LogP contribution in [0.4, 0.5) is 28.4 Å². The van der Waals surface area contributed by atoms with E-state index in [4.69, 9.17) is 15.2 Å². The van der Waals surface area contributed by atoms with Gasteiger partial charge in [0, 0.05) is 81.1 Å². The van der Waals surface area contributed by atoms with Gasteiger partial charge in [0.05, 0.1) is 35.1 Å². The monoisotopic (exact) mass is 750 g/mol. The lowest BCUT2D eigenvalue weighted by molar-refractivity contribution is -0.384. The van der Waals surface area contributed by atoms with E-state index in [0.717, 1.165) is 80.8 Å². The molecule has 0 bridgehead atoms. The molecule has 2 fully saturated rings.